The number of unbranched alkanes of at least 4 members (excludes halogenated alkanes) is 1. The van der Waals surface area contributed by atoms with Crippen LogP contribution in [0, 0.1) is 0 Å². The zero-order valence-electron chi connectivity index (χ0n) is 14.0. The number of carbonyl (C=O) groups is 1. The number of carbonyl (C=O) groups excluding carboxylic acids is 1. The van der Waals surface area contributed by atoms with E-state index in [1.165, 1.54) is 23.5 Å². The fourth-order valence-electron chi connectivity index (χ4n) is 2.66. The van der Waals surface area contributed by atoms with Gasteiger partial charge in [0.05, 0.1) is 7.11 Å². The number of amides is 1. The molecule has 1 fully saturated rings. The van der Waals surface area contributed by atoms with Gasteiger partial charge in [0.2, 0.25) is 10.0 Å². The predicted octanol–water partition coefficient (Wildman–Crippen LogP) is 0.948. The van der Waals surface area contributed by atoms with E-state index in [0.717, 1.165) is 25.7 Å². The smallest absolute Gasteiger partial charge is 0.251 e. The van der Waals surface area contributed by atoms with Crippen molar-refractivity contribution in [2.45, 2.75) is 30.6 Å². The molecule has 1 aliphatic rings. The summed E-state index contributed by atoms with van der Waals surface area (Å²) < 4.78 is 32.2. The number of ether oxygens (including phenoxy) is 1. The molecule has 134 valence electrons. The number of hydrogen-bond donors (Lipinski definition) is 2. The molecule has 0 atom stereocenters. The summed E-state index contributed by atoms with van der Waals surface area (Å²) in [5, 5.41) is 2.78. The maximum Gasteiger partial charge on any atom is 0.251 e. The van der Waals surface area contributed by atoms with Crippen molar-refractivity contribution in [2.75, 3.05) is 33.3 Å². The van der Waals surface area contributed by atoms with Crippen LogP contribution in [0.1, 0.15) is 36.0 Å². The third-order valence-electron chi connectivity index (χ3n) is 4.03. The first-order valence-electron chi connectivity index (χ1n) is 8.17. The van der Waals surface area contributed by atoms with Gasteiger partial charge in [-0.1, -0.05) is 0 Å². The molecule has 1 amide bonds. The van der Waals surface area contributed by atoms with Gasteiger partial charge >= 0.3 is 0 Å². The van der Waals surface area contributed by atoms with Gasteiger partial charge in [-0.25, -0.2) is 8.42 Å². The molecule has 0 radical (unpaired) electrons. The zero-order valence-corrected chi connectivity index (χ0v) is 14.8. The molecular formula is C16H25N3O4S. The van der Waals surface area contributed by atoms with Crippen LogP contribution in [0.2, 0.25) is 0 Å². The van der Waals surface area contributed by atoms with Gasteiger partial charge in [0, 0.05) is 25.2 Å². The van der Waals surface area contributed by atoms with E-state index in [9.17, 15) is 13.2 Å². The Kier molecular flexibility index (Phi) is 6.59. The summed E-state index contributed by atoms with van der Waals surface area (Å²) in [6.45, 7) is 2.09. The Hall–Kier alpha value is -1.64. The van der Waals surface area contributed by atoms with Gasteiger partial charge in [-0.3, -0.25) is 4.79 Å². The summed E-state index contributed by atoms with van der Waals surface area (Å²) in [4.78, 5) is 12.3. The van der Waals surface area contributed by atoms with Crippen molar-refractivity contribution in [3.8, 4) is 5.75 Å². The molecule has 1 aliphatic heterocycles. The van der Waals surface area contributed by atoms with Crippen molar-refractivity contribution in [1.29, 1.82) is 0 Å². The molecule has 0 bridgehead atoms. The van der Waals surface area contributed by atoms with Crippen LogP contribution in [0.3, 0.4) is 0 Å². The van der Waals surface area contributed by atoms with Crippen LogP contribution in [0.25, 0.3) is 0 Å². The minimum atomic E-state index is -3.65. The molecular weight excluding hydrogens is 330 g/mol. The van der Waals surface area contributed by atoms with Gasteiger partial charge in [-0.2, -0.15) is 4.31 Å². The highest BCUT2D eigenvalue weighted by atomic mass is 32.2. The summed E-state index contributed by atoms with van der Waals surface area (Å²) in [6, 6.07) is 4.49. The lowest BCUT2D eigenvalue weighted by molar-refractivity contribution is 0.0953. The lowest BCUT2D eigenvalue weighted by Crippen LogP contribution is -2.29. The van der Waals surface area contributed by atoms with Crippen molar-refractivity contribution in [3.63, 3.8) is 0 Å². The van der Waals surface area contributed by atoms with E-state index < -0.39 is 10.0 Å². The summed E-state index contributed by atoms with van der Waals surface area (Å²) in [5.41, 5.74) is 5.72. The lowest BCUT2D eigenvalue weighted by Gasteiger charge is -2.18. The Balaban J connectivity index is 2.22. The normalized spacial score (nSPS) is 15.4. The second-order valence-electron chi connectivity index (χ2n) is 5.73. The minimum absolute atomic E-state index is 0.0431. The largest absolute Gasteiger partial charge is 0.495 e. The molecule has 0 unspecified atom stereocenters. The summed E-state index contributed by atoms with van der Waals surface area (Å²) in [7, 11) is -2.23. The Morgan fingerprint density at radius 2 is 2.00 bits per heavy atom. The molecule has 1 saturated heterocycles. The van der Waals surface area contributed by atoms with E-state index in [-0.39, 0.29) is 16.6 Å². The van der Waals surface area contributed by atoms with Gasteiger partial charge in [-0.15, -0.1) is 0 Å². The Morgan fingerprint density at radius 1 is 1.29 bits per heavy atom. The molecule has 0 aromatic heterocycles. The van der Waals surface area contributed by atoms with Crippen molar-refractivity contribution >= 4 is 15.9 Å². The molecule has 0 aliphatic carbocycles. The topological polar surface area (TPSA) is 102 Å². The van der Waals surface area contributed by atoms with E-state index in [1.54, 1.807) is 6.07 Å². The van der Waals surface area contributed by atoms with Crippen molar-refractivity contribution in [2.24, 2.45) is 5.73 Å². The Labute approximate surface area is 143 Å². The highest BCUT2D eigenvalue weighted by molar-refractivity contribution is 7.89. The van der Waals surface area contributed by atoms with E-state index in [0.29, 0.717) is 31.7 Å². The van der Waals surface area contributed by atoms with Gasteiger partial charge in [0.25, 0.3) is 5.91 Å². The molecule has 8 heteroatoms. The molecule has 1 heterocycles. The van der Waals surface area contributed by atoms with Gasteiger partial charge in [0.1, 0.15) is 10.6 Å². The summed E-state index contributed by atoms with van der Waals surface area (Å²) >= 11 is 0. The fourth-order valence-corrected chi connectivity index (χ4v) is 4.36. The second-order valence-corrected chi connectivity index (χ2v) is 7.63. The molecule has 1 aromatic carbocycles. The molecule has 2 rings (SSSR count). The van der Waals surface area contributed by atoms with Crippen molar-refractivity contribution < 1.29 is 17.9 Å². The summed E-state index contributed by atoms with van der Waals surface area (Å²) in [6.07, 6.45) is 3.32. The maximum absolute atomic E-state index is 12.8. The van der Waals surface area contributed by atoms with E-state index in [2.05, 4.69) is 5.32 Å². The lowest BCUT2D eigenvalue weighted by atomic mass is 10.2. The first-order chi connectivity index (χ1) is 11.5. The van der Waals surface area contributed by atoms with E-state index in [1.807, 2.05) is 0 Å². The SMILES string of the molecule is COc1ccc(C(=O)NCCCCN)cc1S(=O)(=O)N1CCCC1. The van der Waals surface area contributed by atoms with Crippen LogP contribution in [-0.2, 0) is 10.0 Å². The number of benzene rings is 1. The van der Waals surface area contributed by atoms with Crippen LogP contribution in [0.5, 0.6) is 5.75 Å². The van der Waals surface area contributed by atoms with Crippen LogP contribution in [0.4, 0.5) is 0 Å². The standard InChI is InChI=1S/C16H25N3O4S/c1-23-14-7-6-13(16(20)18-9-3-2-8-17)12-15(14)24(21,22)19-10-4-5-11-19/h6-7,12H,2-5,8-11,17H2,1H3,(H,18,20). The van der Waals surface area contributed by atoms with Gasteiger partial charge < -0.3 is 15.8 Å². The molecule has 0 spiro atoms. The third kappa shape index (κ3) is 4.25. The zero-order chi connectivity index (χ0) is 17.6. The number of hydrogen-bond acceptors (Lipinski definition) is 5. The minimum Gasteiger partial charge on any atom is -0.495 e. The first kappa shape index (κ1) is 18.7. The second kappa shape index (κ2) is 8.46. The number of nitrogens with one attached hydrogen (secondary N) is 1. The predicted molar refractivity (Wildman–Crippen MR) is 91.6 cm³/mol. The molecule has 1 aromatic rings. The number of methoxy groups -OCH3 is 1. The quantitative estimate of drug-likeness (QED) is 0.676. The highest BCUT2D eigenvalue weighted by Crippen LogP contribution is 2.29. The number of sulfonamides is 1. The van der Waals surface area contributed by atoms with Gasteiger partial charge in [0.15, 0.2) is 0 Å². The molecule has 7 nitrogen and oxygen atoms in total. The average Bonchev–Trinajstić information content (AvgIpc) is 3.13. The molecule has 3 N–H and O–H groups in total. The Bertz CT molecular complexity index is 670. The van der Waals surface area contributed by atoms with Gasteiger partial charge in [-0.05, 0) is 50.4 Å². The fraction of sp³-hybridized carbons (Fsp3) is 0.562. The highest BCUT2D eigenvalue weighted by Gasteiger charge is 2.30. The van der Waals surface area contributed by atoms with Crippen molar-refractivity contribution in [1.82, 2.24) is 9.62 Å². The van der Waals surface area contributed by atoms with E-state index in [4.69, 9.17) is 10.5 Å². The monoisotopic (exact) mass is 355 g/mol. The van der Waals surface area contributed by atoms with Crippen LogP contribution >= 0.6 is 0 Å². The van der Waals surface area contributed by atoms with Crippen LogP contribution in [-0.4, -0.2) is 51.9 Å². The van der Waals surface area contributed by atoms with Crippen LogP contribution < -0.4 is 15.8 Å². The number of nitrogens with two attached hydrogens (primary N) is 1. The molecule has 0 saturated carbocycles. The average molecular weight is 355 g/mol. The Morgan fingerprint density at radius 3 is 2.62 bits per heavy atom. The number of rotatable bonds is 8. The molecule has 24 heavy (non-hydrogen) atoms. The third-order valence-corrected chi connectivity index (χ3v) is 5.94. The van der Waals surface area contributed by atoms with E-state index >= 15 is 0 Å². The van der Waals surface area contributed by atoms with Crippen LogP contribution in [0.15, 0.2) is 23.1 Å². The first-order valence-corrected chi connectivity index (χ1v) is 9.61. The number of nitrogens with zero attached hydrogens (tertiary/aromatic N) is 1. The van der Waals surface area contributed by atoms with Crippen molar-refractivity contribution in [3.05, 3.63) is 23.8 Å². The maximum atomic E-state index is 12.8. The summed E-state index contributed by atoms with van der Waals surface area (Å²) in [5.74, 6) is -0.0471.